The fourth-order valence-electron chi connectivity index (χ4n) is 0.701. The van der Waals surface area contributed by atoms with Gasteiger partial charge in [-0.2, -0.15) is 0 Å². The first kappa shape index (κ1) is 11.5. The number of hydrogen-bond donors (Lipinski definition) is 0. The quantitative estimate of drug-likeness (QED) is 0.478. The maximum absolute atomic E-state index is 11.0. The minimum Gasteiger partial charge on any atom is -0.465 e. The van der Waals surface area contributed by atoms with Crippen molar-refractivity contribution in [3.05, 3.63) is 16.9 Å². The number of rotatable bonds is 4. The smallest absolute Gasteiger partial charge is 0.316 e. The Morgan fingerprint density at radius 3 is 2.79 bits per heavy atom. The van der Waals surface area contributed by atoms with Gasteiger partial charge in [-0.3, -0.25) is 4.79 Å². The van der Waals surface area contributed by atoms with Crippen LogP contribution in [0.5, 0.6) is 0 Å². The molecule has 0 fully saturated rings. The van der Waals surface area contributed by atoms with Crippen LogP contribution in [0.3, 0.4) is 0 Å². The molecule has 76 valence electrons. The lowest BCUT2D eigenvalue weighted by Gasteiger charge is -2.00. The molecular weight excluding hydrogens is 268 g/mol. The second-order valence-corrected chi connectivity index (χ2v) is 4.14. The maximum atomic E-state index is 11.0. The standard InChI is InChI=1S/C8H9BrN2O2S/c1-2-13-7(12)5-14-8-10-3-6(9)4-11-8/h3-4H,2,5H2,1H3. The monoisotopic (exact) mass is 276 g/mol. The summed E-state index contributed by atoms with van der Waals surface area (Å²) in [5.74, 6) is -0.000771. The third-order valence-electron chi connectivity index (χ3n) is 1.22. The number of aromatic nitrogens is 2. The first-order valence-electron chi connectivity index (χ1n) is 3.98. The van der Waals surface area contributed by atoms with Crippen LogP contribution in [-0.2, 0) is 9.53 Å². The van der Waals surface area contributed by atoms with Gasteiger partial charge in [-0.1, -0.05) is 11.8 Å². The second kappa shape index (κ2) is 5.98. The van der Waals surface area contributed by atoms with Crippen molar-refractivity contribution >= 4 is 33.7 Å². The lowest BCUT2D eigenvalue weighted by atomic mass is 10.7. The number of carbonyl (C=O) groups is 1. The summed E-state index contributed by atoms with van der Waals surface area (Å²) >= 11 is 4.48. The van der Waals surface area contributed by atoms with E-state index in [0.717, 1.165) is 4.47 Å². The molecule has 0 saturated heterocycles. The van der Waals surface area contributed by atoms with E-state index in [-0.39, 0.29) is 11.7 Å². The van der Waals surface area contributed by atoms with Gasteiger partial charge in [0.25, 0.3) is 0 Å². The van der Waals surface area contributed by atoms with Crippen molar-refractivity contribution in [2.24, 2.45) is 0 Å². The molecule has 1 aromatic heterocycles. The molecule has 1 aromatic rings. The maximum Gasteiger partial charge on any atom is 0.316 e. The zero-order valence-corrected chi connectivity index (χ0v) is 9.97. The van der Waals surface area contributed by atoms with E-state index in [0.29, 0.717) is 11.8 Å². The van der Waals surface area contributed by atoms with Crippen LogP contribution >= 0.6 is 27.7 Å². The lowest BCUT2D eigenvalue weighted by molar-refractivity contribution is -0.139. The Bertz CT molecular complexity index is 305. The molecule has 0 aliphatic heterocycles. The molecule has 0 saturated carbocycles. The summed E-state index contributed by atoms with van der Waals surface area (Å²) in [5.41, 5.74) is 0. The summed E-state index contributed by atoms with van der Waals surface area (Å²) in [6, 6.07) is 0. The van der Waals surface area contributed by atoms with Gasteiger partial charge in [-0.15, -0.1) is 0 Å². The number of ether oxygens (including phenoxy) is 1. The third kappa shape index (κ3) is 4.06. The van der Waals surface area contributed by atoms with E-state index in [9.17, 15) is 4.79 Å². The molecule has 14 heavy (non-hydrogen) atoms. The van der Waals surface area contributed by atoms with Crippen molar-refractivity contribution in [3.63, 3.8) is 0 Å². The SMILES string of the molecule is CCOC(=O)CSc1ncc(Br)cn1. The van der Waals surface area contributed by atoms with Crippen molar-refractivity contribution in [1.82, 2.24) is 9.97 Å². The normalized spacial score (nSPS) is 9.86. The van der Waals surface area contributed by atoms with Gasteiger partial charge in [0.15, 0.2) is 5.16 Å². The van der Waals surface area contributed by atoms with Crippen LogP contribution in [0, 0.1) is 0 Å². The Morgan fingerprint density at radius 2 is 2.21 bits per heavy atom. The van der Waals surface area contributed by atoms with E-state index in [1.54, 1.807) is 19.3 Å². The van der Waals surface area contributed by atoms with Gasteiger partial charge in [0.2, 0.25) is 0 Å². The van der Waals surface area contributed by atoms with Crippen LogP contribution in [-0.4, -0.2) is 28.3 Å². The zero-order chi connectivity index (χ0) is 10.4. The first-order chi connectivity index (χ1) is 6.72. The summed E-state index contributed by atoms with van der Waals surface area (Å²) in [7, 11) is 0. The van der Waals surface area contributed by atoms with E-state index in [2.05, 4.69) is 25.9 Å². The largest absolute Gasteiger partial charge is 0.465 e. The highest BCUT2D eigenvalue weighted by atomic mass is 79.9. The number of carbonyl (C=O) groups excluding carboxylic acids is 1. The lowest BCUT2D eigenvalue weighted by Crippen LogP contribution is -2.06. The Labute approximate surface area is 94.6 Å². The first-order valence-corrected chi connectivity index (χ1v) is 5.76. The molecule has 0 atom stereocenters. The second-order valence-electron chi connectivity index (χ2n) is 2.28. The molecule has 6 heteroatoms. The molecule has 0 aliphatic rings. The summed E-state index contributed by atoms with van der Waals surface area (Å²) in [5, 5.41) is 0.571. The Morgan fingerprint density at radius 1 is 1.57 bits per heavy atom. The Balaban J connectivity index is 2.38. The minimum absolute atomic E-state index is 0.246. The van der Waals surface area contributed by atoms with Gasteiger partial charge in [0, 0.05) is 12.4 Å². The Hall–Kier alpha value is -0.620. The van der Waals surface area contributed by atoms with Gasteiger partial charge in [-0.05, 0) is 22.9 Å². The van der Waals surface area contributed by atoms with Gasteiger partial charge in [0.05, 0.1) is 16.8 Å². The topological polar surface area (TPSA) is 52.1 Å². The van der Waals surface area contributed by atoms with E-state index in [1.165, 1.54) is 11.8 Å². The molecule has 0 spiro atoms. The van der Waals surface area contributed by atoms with Gasteiger partial charge in [-0.25, -0.2) is 9.97 Å². The van der Waals surface area contributed by atoms with E-state index >= 15 is 0 Å². The number of hydrogen-bond acceptors (Lipinski definition) is 5. The molecule has 0 unspecified atom stereocenters. The molecule has 0 N–H and O–H groups in total. The molecular formula is C8H9BrN2O2S. The van der Waals surface area contributed by atoms with Crippen LogP contribution in [0.4, 0.5) is 0 Å². The minimum atomic E-state index is -0.246. The third-order valence-corrected chi connectivity index (χ3v) is 2.48. The molecule has 1 heterocycles. The van der Waals surface area contributed by atoms with Gasteiger partial charge < -0.3 is 4.74 Å². The zero-order valence-electron chi connectivity index (χ0n) is 7.57. The molecule has 0 radical (unpaired) electrons. The van der Waals surface area contributed by atoms with E-state index in [4.69, 9.17) is 4.74 Å². The summed E-state index contributed by atoms with van der Waals surface area (Å²) in [6.45, 7) is 2.18. The molecule has 0 amide bonds. The predicted molar refractivity (Wildman–Crippen MR) is 57.1 cm³/mol. The predicted octanol–water partition coefficient (Wildman–Crippen LogP) is 1.89. The fraction of sp³-hybridized carbons (Fsp3) is 0.375. The average molecular weight is 277 g/mol. The van der Waals surface area contributed by atoms with Crippen molar-refractivity contribution in [2.45, 2.75) is 12.1 Å². The van der Waals surface area contributed by atoms with Crippen LogP contribution in [0.25, 0.3) is 0 Å². The molecule has 4 nitrogen and oxygen atoms in total. The highest BCUT2D eigenvalue weighted by molar-refractivity contribution is 9.10. The Kier molecular flexibility index (Phi) is 4.89. The highest BCUT2D eigenvalue weighted by Gasteiger charge is 2.04. The number of esters is 1. The van der Waals surface area contributed by atoms with Crippen molar-refractivity contribution in [1.29, 1.82) is 0 Å². The van der Waals surface area contributed by atoms with Crippen LogP contribution < -0.4 is 0 Å². The van der Waals surface area contributed by atoms with Gasteiger partial charge >= 0.3 is 5.97 Å². The molecule has 0 aliphatic carbocycles. The van der Waals surface area contributed by atoms with E-state index < -0.39 is 0 Å². The number of thioether (sulfide) groups is 1. The summed E-state index contributed by atoms with van der Waals surface area (Å²) in [6.07, 6.45) is 3.28. The number of halogens is 1. The van der Waals surface area contributed by atoms with E-state index in [1.807, 2.05) is 0 Å². The molecule has 0 bridgehead atoms. The van der Waals surface area contributed by atoms with Crippen LogP contribution in [0.2, 0.25) is 0 Å². The fourth-order valence-corrected chi connectivity index (χ4v) is 1.49. The van der Waals surface area contributed by atoms with Gasteiger partial charge in [0.1, 0.15) is 0 Å². The van der Waals surface area contributed by atoms with Crippen molar-refractivity contribution in [2.75, 3.05) is 12.4 Å². The summed E-state index contributed by atoms with van der Waals surface area (Å²) in [4.78, 5) is 19.0. The summed E-state index contributed by atoms with van der Waals surface area (Å²) < 4.78 is 5.58. The van der Waals surface area contributed by atoms with Crippen LogP contribution in [0.1, 0.15) is 6.92 Å². The van der Waals surface area contributed by atoms with Crippen molar-refractivity contribution in [3.8, 4) is 0 Å². The average Bonchev–Trinajstić information content (AvgIpc) is 2.17. The molecule has 1 rings (SSSR count). The van der Waals surface area contributed by atoms with Crippen molar-refractivity contribution < 1.29 is 9.53 Å². The number of nitrogens with zero attached hydrogens (tertiary/aromatic N) is 2. The molecule has 0 aromatic carbocycles. The highest BCUT2D eigenvalue weighted by Crippen LogP contribution is 2.14. The van der Waals surface area contributed by atoms with Crippen LogP contribution in [0.15, 0.2) is 22.0 Å².